The highest BCUT2D eigenvalue weighted by Crippen LogP contribution is 2.21. The minimum atomic E-state index is -1.10. The van der Waals surface area contributed by atoms with E-state index in [1.54, 1.807) is 0 Å². The molecule has 1 atom stereocenters. The standard InChI is InChI=1S/C14H17ClN2OS/c1-14(2,3)19(18)16-9-10-8-13(15)17-12-7-5-4-6-11(10)12/h4-8,16H,9H2,1-3H3. The number of para-hydroxylation sites is 1. The van der Waals surface area contributed by atoms with Gasteiger partial charge in [-0.1, -0.05) is 29.8 Å². The van der Waals surface area contributed by atoms with Crippen LogP contribution in [0.4, 0.5) is 0 Å². The maximum Gasteiger partial charge on any atom is 0.130 e. The fourth-order valence-electron chi connectivity index (χ4n) is 1.72. The number of rotatable bonds is 3. The van der Waals surface area contributed by atoms with E-state index in [1.807, 2.05) is 51.1 Å². The Morgan fingerprint density at radius 2 is 2.00 bits per heavy atom. The summed E-state index contributed by atoms with van der Waals surface area (Å²) in [6, 6.07) is 9.62. The molecule has 2 rings (SSSR count). The lowest BCUT2D eigenvalue weighted by molar-refractivity contribution is 0.635. The average Bonchev–Trinajstić information content (AvgIpc) is 2.34. The summed E-state index contributed by atoms with van der Waals surface area (Å²) in [4.78, 5) is 4.27. The van der Waals surface area contributed by atoms with E-state index in [1.165, 1.54) is 0 Å². The van der Waals surface area contributed by atoms with Crippen molar-refractivity contribution in [2.45, 2.75) is 32.1 Å². The van der Waals surface area contributed by atoms with Crippen molar-refractivity contribution in [2.75, 3.05) is 0 Å². The third kappa shape index (κ3) is 3.53. The lowest BCUT2D eigenvalue weighted by atomic mass is 10.1. The van der Waals surface area contributed by atoms with E-state index in [4.69, 9.17) is 11.6 Å². The summed E-state index contributed by atoms with van der Waals surface area (Å²) in [6.07, 6.45) is 0. The van der Waals surface area contributed by atoms with Crippen molar-refractivity contribution < 1.29 is 4.21 Å². The van der Waals surface area contributed by atoms with E-state index in [0.717, 1.165) is 16.5 Å². The maximum absolute atomic E-state index is 12.0. The molecule has 1 unspecified atom stereocenters. The predicted octanol–water partition coefficient (Wildman–Crippen LogP) is 3.44. The molecule has 0 aliphatic carbocycles. The molecule has 1 aromatic heterocycles. The first kappa shape index (κ1) is 14.4. The van der Waals surface area contributed by atoms with Crippen LogP contribution in [0.1, 0.15) is 26.3 Å². The van der Waals surface area contributed by atoms with Crippen LogP contribution in [0.2, 0.25) is 5.15 Å². The zero-order valence-electron chi connectivity index (χ0n) is 11.2. The molecule has 19 heavy (non-hydrogen) atoms. The lowest BCUT2D eigenvalue weighted by Crippen LogP contribution is -2.32. The number of halogens is 1. The number of aromatic nitrogens is 1. The smallest absolute Gasteiger partial charge is 0.130 e. The SMILES string of the molecule is CC(C)(C)S(=O)NCc1cc(Cl)nc2ccccc12. The van der Waals surface area contributed by atoms with Gasteiger partial charge >= 0.3 is 0 Å². The van der Waals surface area contributed by atoms with Crippen LogP contribution in [-0.4, -0.2) is 13.9 Å². The third-order valence-corrected chi connectivity index (χ3v) is 4.43. The van der Waals surface area contributed by atoms with Gasteiger partial charge in [-0.15, -0.1) is 0 Å². The van der Waals surface area contributed by atoms with Gasteiger partial charge in [0.05, 0.1) is 21.2 Å². The molecule has 0 saturated heterocycles. The summed E-state index contributed by atoms with van der Waals surface area (Å²) in [7, 11) is -1.10. The van der Waals surface area contributed by atoms with E-state index in [-0.39, 0.29) is 4.75 Å². The molecule has 0 aliphatic rings. The topological polar surface area (TPSA) is 42.0 Å². The van der Waals surface area contributed by atoms with E-state index in [0.29, 0.717) is 11.7 Å². The minimum Gasteiger partial charge on any atom is -0.242 e. The van der Waals surface area contributed by atoms with Crippen molar-refractivity contribution in [3.8, 4) is 0 Å². The number of hydrogen-bond acceptors (Lipinski definition) is 2. The first-order chi connectivity index (χ1) is 8.88. The Labute approximate surface area is 121 Å². The quantitative estimate of drug-likeness (QED) is 0.882. The summed E-state index contributed by atoms with van der Waals surface area (Å²) in [5.74, 6) is 0. The van der Waals surface area contributed by atoms with Gasteiger partial charge in [0.1, 0.15) is 5.15 Å². The second kappa shape index (κ2) is 5.57. The highest BCUT2D eigenvalue weighted by molar-refractivity contribution is 7.84. The monoisotopic (exact) mass is 296 g/mol. The largest absolute Gasteiger partial charge is 0.242 e. The van der Waals surface area contributed by atoms with Gasteiger partial charge in [0.25, 0.3) is 0 Å². The predicted molar refractivity (Wildman–Crippen MR) is 81.5 cm³/mol. The first-order valence-corrected chi connectivity index (χ1v) is 7.60. The highest BCUT2D eigenvalue weighted by atomic mass is 35.5. The van der Waals surface area contributed by atoms with Gasteiger partial charge in [-0.2, -0.15) is 0 Å². The van der Waals surface area contributed by atoms with Gasteiger partial charge < -0.3 is 0 Å². The van der Waals surface area contributed by atoms with Crippen molar-refractivity contribution in [3.63, 3.8) is 0 Å². The summed E-state index contributed by atoms with van der Waals surface area (Å²) >= 11 is 6.01. The number of pyridine rings is 1. The molecule has 1 heterocycles. The fourth-order valence-corrected chi connectivity index (χ4v) is 2.66. The molecule has 1 N–H and O–H groups in total. The Bertz CT molecular complexity index is 622. The third-order valence-electron chi connectivity index (χ3n) is 2.72. The van der Waals surface area contributed by atoms with Gasteiger partial charge in [0.2, 0.25) is 0 Å². The molecule has 0 radical (unpaired) electrons. The van der Waals surface area contributed by atoms with Crippen molar-refractivity contribution in [2.24, 2.45) is 0 Å². The molecule has 2 aromatic rings. The number of nitrogens with one attached hydrogen (secondary N) is 1. The number of benzene rings is 1. The summed E-state index contributed by atoms with van der Waals surface area (Å²) in [5, 5.41) is 1.49. The van der Waals surface area contributed by atoms with Crippen molar-refractivity contribution in [3.05, 3.63) is 41.0 Å². The molecule has 102 valence electrons. The fraction of sp³-hybridized carbons (Fsp3) is 0.357. The van der Waals surface area contributed by atoms with Crippen LogP contribution in [-0.2, 0) is 17.5 Å². The van der Waals surface area contributed by atoms with Crippen LogP contribution in [0.15, 0.2) is 30.3 Å². The van der Waals surface area contributed by atoms with Gasteiger partial charge in [-0.25, -0.2) is 13.9 Å². The molecule has 0 aliphatic heterocycles. The van der Waals surface area contributed by atoms with E-state index in [2.05, 4.69) is 9.71 Å². The highest BCUT2D eigenvalue weighted by Gasteiger charge is 2.19. The second-order valence-electron chi connectivity index (χ2n) is 5.32. The molecule has 3 nitrogen and oxygen atoms in total. The molecule has 0 amide bonds. The minimum absolute atomic E-state index is 0.285. The van der Waals surface area contributed by atoms with Crippen molar-refractivity contribution >= 4 is 33.5 Å². The molecule has 5 heteroatoms. The molecule has 0 fully saturated rings. The lowest BCUT2D eigenvalue weighted by Gasteiger charge is -2.18. The molecular weight excluding hydrogens is 280 g/mol. The normalized spacial score (nSPS) is 13.7. The summed E-state index contributed by atoms with van der Waals surface area (Å²) in [6.45, 7) is 6.32. The van der Waals surface area contributed by atoms with Gasteiger partial charge in [0.15, 0.2) is 0 Å². The van der Waals surface area contributed by atoms with E-state index >= 15 is 0 Å². The molecular formula is C14H17ClN2OS. The van der Waals surface area contributed by atoms with Crippen LogP contribution in [0.5, 0.6) is 0 Å². The van der Waals surface area contributed by atoms with E-state index < -0.39 is 11.0 Å². The zero-order chi connectivity index (χ0) is 14.0. The number of fused-ring (bicyclic) bond motifs is 1. The Kier molecular flexibility index (Phi) is 4.23. The number of nitrogens with zero attached hydrogens (tertiary/aromatic N) is 1. The molecule has 0 saturated carbocycles. The average molecular weight is 297 g/mol. The summed E-state index contributed by atoms with van der Waals surface area (Å²) in [5.41, 5.74) is 1.86. The van der Waals surface area contributed by atoms with Crippen LogP contribution in [0.3, 0.4) is 0 Å². The Morgan fingerprint density at radius 3 is 2.68 bits per heavy atom. The van der Waals surface area contributed by atoms with Crippen LogP contribution in [0.25, 0.3) is 10.9 Å². The van der Waals surface area contributed by atoms with Crippen LogP contribution >= 0.6 is 11.6 Å². The van der Waals surface area contributed by atoms with Gasteiger partial charge in [-0.05, 0) is 38.5 Å². The summed E-state index contributed by atoms with van der Waals surface area (Å²) < 4.78 is 14.8. The van der Waals surface area contributed by atoms with Crippen molar-refractivity contribution in [1.82, 2.24) is 9.71 Å². The van der Waals surface area contributed by atoms with Gasteiger partial charge in [-0.3, -0.25) is 0 Å². The molecule has 0 spiro atoms. The number of hydrogen-bond donors (Lipinski definition) is 1. The second-order valence-corrected chi connectivity index (χ2v) is 7.76. The van der Waals surface area contributed by atoms with Crippen LogP contribution < -0.4 is 4.72 Å². The zero-order valence-corrected chi connectivity index (χ0v) is 12.8. The maximum atomic E-state index is 12.0. The van der Waals surface area contributed by atoms with Crippen molar-refractivity contribution in [1.29, 1.82) is 0 Å². The Morgan fingerprint density at radius 1 is 1.32 bits per heavy atom. The molecule has 0 bridgehead atoms. The Balaban J connectivity index is 2.28. The van der Waals surface area contributed by atoms with E-state index in [9.17, 15) is 4.21 Å². The molecule has 1 aromatic carbocycles. The van der Waals surface area contributed by atoms with Gasteiger partial charge in [0, 0.05) is 11.9 Å². The first-order valence-electron chi connectivity index (χ1n) is 6.07. The van der Waals surface area contributed by atoms with Crippen LogP contribution in [0, 0.1) is 0 Å². The Hall–Kier alpha value is -0.970.